The maximum absolute atomic E-state index is 12.0. The number of hydrogen-bond acceptors (Lipinski definition) is 1. The lowest BCUT2D eigenvalue weighted by atomic mass is 10.0. The lowest BCUT2D eigenvalue weighted by Gasteiger charge is -2.10. The van der Waals surface area contributed by atoms with Crippen LogP contribution in [-0.4, -0.2) is 12.5 Å². The smallest absolute Gasteiger partial charge is 0.251 e. The number of hydrogen-bond donors (Lipinski definition) is 1. The van der Waals surface area contributed by atoms with Crippen LogP contribution in [0.2, 0.25) is 0 Å². The molecule has 2 nitrogen and oxygen atoms in total. The summed E-state index contributed by atoms with van der Waals surface area (Å²) in [5.74, 6) is 0.865. The van der Waals surface area contributed by atoms with Crippen LogP contribution < -0.4 is 5.32 Å². The quantitative estimate of drug-likeness (QED) is 0.892. The van der Waals surface area contributed by atoms with E-state index < -0.39 is 0 Å². The van der Waals surface area contributed by atoms with Crippen molar-refractivity contribution in [1.29, 1.82) is 0 Å². The van der Waals surface area contributed by atoms with Gasteiger partial charge in [-0.15, -0.1) is 0 Å². The highest BCUT2D eigenvalue weighted by Gasteiger charge is 2.15. The van der Waals surface area contributed by atoms with E-state index in [0.717, 1.165) is 34.5 Å². The number of nitrogens with one attached hydrogen (secondary N) is 1. The van der Waals surface area contributed by atoms with Crippen molar-refractivity contribution in [2.45, 2.75) is 39.0 Å². The summed E-state index contributed by atoms with van der Waals surface area (Å²) in [5.41, 5.74) is 1.89. The Kier molecular flexibility index (Phi) is 4.81. The van der Waals surface area contributed by atoms with E-state index in [4.69, 9.17) is 0 Å². The Labute approximate surface area is 117 Å². The van der Waals surface area contributed by atoms with Gasteiger partial charge in [0.05, 0.1) is 0 Å². The lowest BCUT2D eigenvalue weighted by molar-refractivity contribution is 0.0951. The highest BCUT2D eigenvalue weighted by molar-refractivity contribution is 9.10. The Balaban J connectivity index is 1.81. The molecule has 0 unspecified atom stereocenters. The number of carbonyl (C=O) groups is 1. The van der Waals surface area contributed by atoms with Gasteiger partial charge in [-0.25, -0.2) is 0 Å². The molecule has 1 aliphatic carbocycles. The van der Waals surface area contributed by atoms with Gasteiger partial charge in [0.1, 0.15) is 0 Å². The summed E-state index contributed by atoms with van der Waals surface area (Å²) < 4.78 is 0.992. The van der Waals surface area contributed by atoms with E-state index >= 15 is 0 Å². The SMILES string of the molecule is Cc1ccc(C(=O)NCCC2CCCC2)cc1Br. The predicted molar refractivity (Wildman–Crippen MR) is 77.8 cm³/mol. The van der Waals surface area contributed by atoms with Gasteiger partial charge in [-0.1, -0.05) is 47.7 Å². The van der Waals surface area contributed by atoms with Gasteiger partial charge in [0, 0.05) is 16.6 Å². The van der Waals surface area contributed by atoms with Crippen molar-refractivity contribution >= 4 is 21.8 Å². The third-order valence-electron chi connectivity index (χ3n) is 3.75. The fourth-order valence-electron chi connectivity index (χ4n) is 2.53. The molecule has 1 amide bonds. The minimum atomic E-state index is 0.0358. The number of halogens is 1. The van der Waals surface area contributed by atoms with Crippen LogP contribution in [0.15, 0.2) is 22.7 Å². The molecule has 0 aliphatic heterocycles. The van der Waals surface area contributed by atoms with Crippen molar-refractivity contribution in [2.75, 3.05) is 6.54 Å². The molecule has 1 aliphatic rings. The van der Waals surface area contributed by atoms with Crippen molar-refractivity contribution in [3.05, 3.63) is 33.8 Å². The first-order valence-electron chi connectivity index (χ1n) is 6.71. The lowest BCUT2D eigenvalue weighted by Crippen LogP contribution is -2.25. The average molecular weight is 310 g/mol. The van der Waals surface area contributed by atoms with E-state index in [1.807, 2.05) is 25.1 Å². The van der Waals surface area contributed by atoms with Crippen molar-refractivity contribution in [1.82, 2.24) is 5.32 Å². The zero-order valence-corrected chi connectivity index (χ0v) is 12.4. The van der Waals surface area contributed by atoms with Crippen LogP contribution in [-0.2, 0) is 0 Å². The van der Waals surface area contributed by atoms with E-state index in [1.165, 1.54) is 25.7 Å². The topological polar surface area (TPSA) is 29.1 Å². The minimum Gasteiger partial charge on any atom is -0.352 e. The Morgan fingerprint density at radius 1 is 1.39 bits per heavy atom. The van der Waals surface area contributed by atoms with E-state index in [2.05, 4.69) is 21.2 Å². The summed E-state index contributed by atoms with van der Waals surface area (Å²) in [4.78, 5) is 12.0. The molecule has 0 aromatic heterocycles. The van der Waals surface area contributed by atoms with Crippen molar-refractivity contribution in [3.8, 4) is 0 Å². The number of benzene rings is 1. The molecule has 0 saturated heterocycles. The van der Waals surface area contributed by atoms with Crippen LogP contribution in [0.25, 0.3) is 0 Å². The fourth-order valence-corrected chi connectivity index (χ4v) is 2.90. The van der Waals surface area contributed by atoms with Crippen LogP contribution in [0, 0.1) is 12.8 Å². The van der Waals surface area contributed by atoms with Gasteiger partial charge in [-0.3, -0.25) is 4.79 Å². The first-order chi connectivity index (χ1) is 8.66. The van der Waals surface area contributed by atoms with E-state index in [-0.39, 0.29) is 5.91 Å². The van der Waals surface area contributed by atoms with Crippen LogP contribution in [0.5, 0.6) is 0 Å². The molecular formula is C15H20BrNO. The first kappa shape index (κ1) is 13.6. The third kappa shape index (κ3) is 3.58. The Morgan fingerprint density at radius 2 is 2.11 bits per heavy atom. The Morgan fingerprint density at radius 3 is 2.78 bits per heavy atom. The zero-order chi connectivity index (χ0) is 13.0. The molecular weight excluding hydrogens is 290 g/mol. The van der Waals surface area contributed by atoms with E-state index in [9.17, 15) is 4.79 Å². The fraction of sp³-hybridized carbons (Fsp3) is 0.533. The maximum atomic E-state index is 12.0. The molecule has 1 fully saturated rings. The van der Waals surface area contributed by atoms with Crippen LogP contribution in [0.4, 0.5) is 0 Å². The number of amides is 1. The Hall–Kier alpha value is -0.830. The van der Waals surface area contributed by atoms with Gasteiger partial charge >= 0.3 is 0 Å². The molecule has 0 spiro atoms. The molecule has 3 heteroatoms. The molecule has 1 saturated carbocycles. The van der Waals surface area contributed by atoms with Crippen LogP contribution >= 0.6 is 15.9 Å². The highest BCUT2D eigenvalue weighted by atomic mass is 79.9. The van der Waals surface area contributed by atoms with Gasteiger partial charge < -0.3 is 5.32 Å². The molecule has 18 heavy (non-hydrogen) atoms. The number of carbonyl (C=O) groups excluding carboxylic acids is 1. The van der Waals surface area contributed by atoms with Gasteiger partial charge in [0.25, 0.3) is 5.91 Å². The molecule has 1 aromatic rings. The molecule has 0 heterocycles. The summed E-state index contributed by atoms with van der Waals surface area (Å²) in [6, 6.07) is 5.74. The van der Waals surface area contributed by atoms with Crippen molar-refractivity contribution in [3.63, 3.8) is 0 Å². The largest absolute Gasteiger partial charge is 0.352 e. The maximum Gasteiger partial charge on any atom is 0.251 e. The first-order valence-corrected chi connectivity index (χ1v) is 7.50. The van der Waals surface area contributed by atoms with Crippen LogP contribution in [0.1, 0.15) is 48.0 Å². The van der Waals surface area contributed by atoms with Crippen molar-refractivity contribution in [2.24, 2.45) is 5.92 Å². The highest BCUT2D eigenvalue weighted by Crippen LogP contribution is 2.26. The summed E-state index contributed by atoms with van der Waals surface area (Å²) in [7, 11) is 0. The molecule has 1 N–H and O–H groups in total. The molecule has 0 atom stereocenters. The van der Waals surface area contributed by atoms with Gasteiger partial charge in [0.15, 0.2) is 0 Å². The van der Waals surface area contributed by atoms with E-state index in [1.54, 1.807) is 0 Å². The third-order valence-corrected chi connectivity index (χ3v) is 4.60. The monoisotopic (exact) mass is 309 g/mol. The minimum absolute atomic E-state index is 0.0358. The molecule has 98 valence electrons. The Bertz CT molecular complexity index is 425. The van der Waals surface area contributed by atoms with E-state index in [0.29, 0.717) is 0 Å². The normalized spacial score (nSPS) is 15.9. The zero-order valence-electron chi connectivity index (χ0n) is 10.8. The van der Waals surface area contributed by atoms with Gasteiger partial charge in [-0.05, 0) is 37.0 Å². The molecule has 0 radical (unpaired) electrons. The van der Waals surface area contributed by atoms with Gasteiger partial charge in [-0.2, -0.15) is 0 Å². The predicted octanol–water partition coefficient (Wildman–Crippen LogP) is 4.07. The number of rotatable bonds is 4. The second kappa shape index (κ2) is 6.37. The summed E-state index contributed by atoms with van der Waals surface area (Å²) >= 11 is 3.46. The molecule has 2 rings (SSSR count). The van der Waals surface area contributed by atoms with Gasteiger partial charge in [0.2, 0.25) is 0 Å². The van der Waals surface area contributed by atoms with Crippen LogP contribution in [0.3, 0.4) is 0 Å². The summed E-state index contributed by atoms with van der Waals surface area (Å²) in [5, 5.41) is 3.01. The standard InChI is InChI=1S/C15H20BrNO/c1-11-6-7-13(10-14(11)16)15(18)17-9-8-12-4-2-3-5-12/h6-7,10,12H,2-5,8-9H2,1H3,(H,17,18). The second-order valence-electron chi connectivity index (χ2n) is 5.16. The molecule has 0 bridgehead atoms. The molecule has 1 aromatic carbocycles. The summed E-state index contributed by atoms with van der Waals surface area (Å²) in [6.07, 6.45) is 6.53. The second-order valence-corrected chi connectivity index (χ2v) is 6.01. The number of aryl methyl sites for hydroxylation is 1. The summed E-state index contributed by atoms with van der Waals surface area (Å²) in [6.45, 7) is 2.82. The van der Waals surface area contributed by atoms with Crippen molar-refractivity contribution < 1.29 is 4.79 Å². The average Bonchev–Trinajstić information content (AvgIpc) is 2.85.